The number of alkyl halides is 1. The Morgan fingerprint density at radius 1 is 1.35 bits per heavy atom. The standard InChI is InChI=1S/C13H19BrClNO/c1-11(6-7-15)10-16-8-9-17-13-4-2-12(14)3-5-13/h2-5,11,16H,6-10H2,1H3. The van der Waals surface area contributed by atoms with Crippen molar-refractivity contribution in [2.75, 3.05) is 25.6 Å². The molecule has 96 valence electrons. The fourth-order valence-electron chi connectivity index (χ4n) is 1.41. The molecule has 0 radical (unpaired) electrons. The summed E-state index contributed by atoms with van der Waals surface area (Å²) in [6.07, 6.45) is 1.06. The molecule has 1 aromatic rings. The lowest BCUT2D eigenvalue weighted by Gasteiger charge is -2.11. The van der Waals surface area contributed by atoms with Crippen LogP contribution < -0.4 is 10.1 Å². The Morgan fingerprint density at radius 3 is 2.71 bits per heavy atom. The maximum atomic E-state index is 5.67. The molecule has 1 unspecified atom stereocenters. The molecule has 4 heteroatoms. The highest BCUT2D eigenvalue weighted by atomic mass is 79.9. The molecule has 1 atom stereocenters. The largest absolute Gasteiger partial charge is 0.492 e. The fraction of sp³-hybridized carbons (Fsp3) is 0.538. The third-order valence-electron chi connectivity index (χ3n) is 2.46. The van der Waals surface area contributed by atoms with E-state index in [0.29, 0.717) is 12.5 Å². The Balaban J connectivity index is 2.06. The summed E-state index contributed by atoms with van der Waals surface area (Å²) in [7, 11) is 0. The average molecular weight is 321 g/mol. The zero-order valence-corrected chi connectivity index (χ0v) is 12.4. The van der Waals surface area contributed by atoms with E-state index in [1.54, 1.807) is 0 Å². The Hall–Kier alpha value is -0.250. The molecule has 0 aliphatic carbocycles. The predicted molar refractivity (Wildman–Crippen MR) is 77.0 cm³/mol. The molecule has 0 aliphatic rings. The normalized spacial score (nSPS) is 12.4. The Bertz CT molecular complexity index is 305. The zero-order chi connectivity index (χ0) is 12.5. The smallest absolute Gasteiger partial charge is 0.119 e. The van der Waals surface area contributed by atoms with Gasteiger partial charge >= 0.3 is 0 Å². The van der Waals surface area contributed by atoms with Crippen LogP contribution in [-0.2, 0) is 0 Å². The summed E-state index contributed by atoms with van der Waals surface area (Å²) in [5.74, 6) is 2.27. The average Bonchev–Trinajstić information content (AvgIpc) is 2.31. The highest BCUT2D eigenvalue weighted by Crippen LogP contribution is 2.15. The van der Waals surface area contributed by atoms with Gasteiger partial charge in [-0.05, 0) is 43.1 Å². The minimum Gasteiger partial charge on any atom is -0.492 e. The summed E-state index contributed by atoms with van der Waals surface area (Å²) >= 11 is 9.06. The molecule has 0 spiro atoms. The van der Waals surface area contributed by atoms with Crippen LogP contribution >= 0.6 is 27.5 Å². The minimum absolute atomic E-state index is 0.625. The lowest BCUT2D eigenvalue weighted by atomic mass is 10.1. The SMILES string of the molecule is CC(CCCl)CNCCOc1ccc(Br)cc1. The van der Waals surface area contributed by atoms with E-state index in [0.717, 1.165) is 35.6 Å². The topological polar surface area (TPSA) is 21.3 Å². The number of halogens is 2. The van der Waals surface area contributed by atoms with E-state index >= 15 is 0 Å². The summed E-state index contributed by atoms with van der Waals surface area (Å²) in [5, 5.41) is 3.36. The second-order valence-corrected chi connectivity index (χ2v) is 5.38. The van der Waals surface area contributed by atoms with Crippen LogP contribution in [0.5, 0.6) is 5.75 Å². The molecule has 2 nitrogen and oxygen atoms in total. The molecule has 0 aromatic heterocycles. The van der Waals surface area contributed by atoms with Crippen molar-refractivity contribution in [1.82, 2.24) is 5.32 Å². The van der Waals surface area contributed by atoms with Crippen molar-refractivity contribution in [3.05, 3.63) is 28.7 Å². The zero-order valence-electron chi connectivity index (χ0n) is 10.1. The Kier molecular flexibility index (Phi) is 7.65. The fourth-order valence-corrected chi connectivity index (χ4v) is 2.05. The molecule has 0 heterocycles. The van der Waals surface area contributed by atoms with Gasteiger partial charge in [-0.3, -0.25) is 0 Å². The van der Waals surface area contributed by atoms with Crippen molar-refractivity contribution in [2.45, 2.75) is 13.3 Å². The van der Waals surface area contributed by atoms with Crippen LogP contribution in [0, 0.1) is 5.92 Å². The summed E-state index contributed by atoms with van der Waals surface area (Å²) < 4.78 is 6.66. The summed E-state index contributed by atoms with van der Waals surface area (Å²) in [4.78, 5) is 0. The molecule has 17 heavy (non-hydrogen) atoms. The van der Waals surface area contributed by atoms with Gasteiger partial charge in [0.25, 0.3) is 0 Å². The van der Waals surface area contributed by atoms with E-state index in [9.17, 15) is 0 Å². The van der Waals surface area contributed by atoms with Crippen molar-refractivity contribution in [3.8, 4) is 5.75 Å². The molecule has 0 saturated heterocycles. The minimum atomic E-state index is 0.625. The number of hydrogen-bond acceptors (Lipinski definition) is 2. The first-order valence-electron chi connectivity index (χ1n) is 5.87. The van der Waals surface area contributed by atoms with Gasteiger partial charge in [0.2, 0.25) is 0 Å². The van der Waals surface area contributed by atoms with Crippen LogP contribution in [0.25, 0.3) is 0 Å². The predicted octanol–water partition coefficient (Wildman–Crippen LogP) is 3.68. The van der Waals surface area contributed by atoms with Gasteiger partial charge in [-0.25, -0.2) is 0 Å². The van der Waals surface area contributed by atoms with Crippen LogP contribution in [0.4, 0.5) is 0 Å². The second kappa shape index (κ2) is 8.78. The van der Waals surface area contributed by atoms with Crippen molar-refractivity contribution < 1.29 is 4.74 Å². The lowest BCUT2D eigenvalue weighted by molar-refractivity contribution is 0.309. The highest BCUT2D eigenvalue weighted by molar-refractivity contribution is 9.10. The first-order chi connectivity index (χ1) is 8.22. The molecule has 1 aromatic carbocycles. The first kappa shape index (κ1) is 14.8. The van der Waals surface area contributed by atoms with Gasteiger partial charge < -0.3 is 10.1 Å². The van der Waals surface area contributed by atoms with Gasteiger partial charge in [0.1, 0.15) is 12.4 Å². The van der Waals surface area contributed by atoms with Crippen molar-refractivity contribution >= 4 is 27.5 Å². The van der Waals surface area contributed by atoms with Gasteiger partial charge in [-0.1, -0.05) is 22.9 Å². The molecular weight excluding hydrogens is 302 g/mol. The molecule has 0 aliphatic heterocycles. The van der Waals surface area contributed by atoms with E-state index in [1.165, 1.54) is 0 Å². The van der Waals surface area contributed by atoms with Gasteiger partial charge in [-0.15, -0.1) is 11.6 Å². The number of ether oxygens (including phenoxy) is 1. The van der Waals surface area contributed by atoms with Crippen LogP contribution in [-0.4, -0.2) is 25.6 Å². The van der Waals surface area contributed by atoms with Crippen molar-refractivity contribution in [2.24, 2.45) is 5.92 Å². The number of benzene rings is 1. The Morgan fingerprint density at radius 2 is 2.06 bits per heavy atom. The number of nitrogens with one attached hydrogen (secondary N) is 1. The number of rotatable bonds is 8. The van der Waals surface area contributed by atoms with E-state index in [4.69, 9.17) is 16.3 Å². The van der Waals surface area contributed by atoms with Gasteiger partial charge in [0.15, 0.2) is 0 Å². The van der Waals surface area contributed by atoms with Gasteiger partial charge in [0, 0.05) is 16.9 Å². The van der Waals surface area contributed by atoms with Crippen LogP contribution in [0.1, 0.15) is 13.3 Å². The first-order valence-corrected chi connectivity index (χ1v) is 7.20. The quantitative estimate of drug-likeness (QED) is 0.583. The van der Waals surface area contributed by atoms with Crippen LogP contribution in [0.2, 0.25) is 0 Å². The maximum absolute atomic E-state index is 5.67. The van der Waals surface area contributed by atoms with E-state index in [1.807, 2.05) is 24.3 Å². The van der Waals surface area contributed by atoms with Crippen LogP contribution in [0.3, 0.4) is 0 Å². The van der Waals surface area contributed by atoms with Crippen molar-refractivity contribution in [1.29, 1.82) is 0 Å². The molecule has 0 bridgehead atoms. The third-order valence-corrected chi connectivity index (χ3v) is 3.20. The Labute approximate surface area is 117 Å². The maximum Gasteiger partial charge on any atom is 0.119 e. The molecule has 0 fully saturated rings. The van der Waals surface area contributed by atoms with Crippen LogP contribution in [0.15, 0.2) is 28.7 Å². The summed E-state index contributed by atoms with van der Waals surface area (Å²) in [6.45, 7) is 4.75. The second-order valence-electron chi connectivity index (χ2n) is 4.09. The van der Waals surface area contributed by atoms with Gasteiger partial charge in [0.05, 0.1) is 0 Å². The molecule has 1 N–H and O–H groups in total. The third kappa shape index (κ3) is 6.92. The highest BCUT2D eigenvalue weighted by Gasteiger charge is 2.00. The monoisotopic (exact) mass is 319 g/mol. The van der Waals surface area contributed by atoms with E-state index < -0.39 is 0 Å². The lowest BCUT2D eigenvalue weighted by Crippen LogP contribution is -2.26. The molecule has 0 amide bonds. The van der Waals surface area contributed by atoms with Crippen molar-refractivity contribution in [3.63, 3.8) is 0 Å². The number of hydrogen-bond donors (Lipinski definition) is 1. The van der Waals surface area contributed by atoms with E-state index in [2.05, 4.69) is 28.2 Å². The molecule has 1 rings (SSSR count). The summed E-state index contributed by atoms with van der Waals surface area (Å²) in [6, 6.07) is 7.87. The van der Waals surface area contributed by atoms with Gasteiger partial charge in [-0.2, -0.15) is 0 Å². The molecular formula is C13H19BrClNO. The van der Waals surface area contributed by atoms with E-state index in [-0.39, 0.29) is 0 Å². The molecule has 0 saturated carbocycles. The summed E-state index contributed by atoms with van der Waals surface area (Å²) in [5.41, 5.74) is 0.